The molecule has 3 aromatic heterocycles. The lowest BCUT2D eigenvalue weighted by Gasteiger charge is -2.32. The fourth-order valence-corrected chi connectivity index (χ4v) is 15.0. The Kier molecular flexibility index (Phi) is 31.6. The third-order valence-electron chi connectivity index (χ3n) is 21.1. The van der Waals surface area contributed by atoms with Crippen LogP contribution in [0.3, 0.4) is 0 Å². The van der Waals surface area contributed by atoms with Crippen LogP contribution in [0, 0.1) is 51.7 Å². The van der Waals surface area contributed by atoms with Crippen molar-refractivity contribution in [1.29, 1.82) is 15.8 Å². The molecule has 5 aliphatic heterocycles. The van der Waals surface area contributed by atoms with E-state index in [0.717, 1.165) is 197 Å². The smallest absolute Gasteiger partial charge is 0.328 e. The molecule has 0 unspecified atom stereocenters. The van der Waals surface area contributed by atoms with Gasteiger partial charge < -0.3 is 77.0 Å². The number of carboxylic acids is 2. The van der Waals surface area contributed by atoms with Crippen molar-refractivity contribution in [2.24, 2.45) is 17.8 Å². The quantitative estimate of drug-likeness (QED) is 0.0352. The molecule has 0 aliphatic carbocycles. The zero-order valence-electron chi connectivity index (χ0n) is 65.9. The van der Waals surface area contributed by atoms with Gasteiger partial charge in [-0.25, -0.2) is 9.59 Å². The van der Waals surface area contributed by atoms with E-state index in [9.17, 15) is 25.4 Å². The molecule has 3 N–H and O–H groups in total. The minimum absolute atomic E-state index is 0.0515. The number of fused-ring (bicyclic) bond motifs is 3. The van der Waals surface area contributed by atoms with Gasteiger partial charge in [0.2, 0.25) is 0 Å². The molecule has 5 fully saturated rings. The van der Waals surface area contributed by atoms with Gasteiger partial charge in [-0.05, 0) is 231 Å². The highest BCUT2D eigenvalue weighted by Gasteiger charge is 2.29. The number of ether oxygens (including phenoxy) is 7. The molecule has 0 atom stereocenters. The normalized spacial score (nSPS) is 16.2. The number of aryl methyl sites for hydroxylation is 3. The van der Waals surface area contributed by atoms with Gasteiger partial charge in [0.15, 0.2) is 29.3 Å². The Morgan fingerprint density at radius 2 is 0.761 bits per heavy atom. The van der Waals surface area contributed by atoms with Gasteiger partial charge in [0, 0.05) is 77.7 Å². The van der Waals surface area contributed by atoms with E-state index in [1.807, 2.05) is 133 Å². The molecule has 598 valence electrons. The lowest BCUT2D eigenvalue weighted by atomic mass is 9.91. The number of nitrogens with zero attached hydrogens (tertiary/aromatic N) is 11. The predicted octanol–water partition coefficient (Wildman–Crippen LogP) is 12.7. The highest BCUT2D eigenvalue weighted by atomic mass is 16.7. The predicted molar refractivity (Wildman–Crippen MR) is 425 cm³/mol. The van der Waals surface area contributed by atoms with E-state index < -0.39 is 11.9 Å². The molecule has 5 aliphatic rings. The van der Waals surface area contributed by atoms with Crippen LogP contribution in [0.15, 0.2) is 135 Å². The summed E-state index contributed by atoms with van der Waals surface area (Å²) in [6, 6.07) is 41.5. The summed E-state index contributed by atoms with van der Waals surface area (Å²) in [4.78, 5) is 30.3. The maximum Gasteiger partial charge on any atom is 0.328 e. The first-order valence-corrected chi connectivity index (χ1v) is 39.2. The number of aromatic nitrogens is 3. The van der Waals surface area contributed by atoms with E-state index in [1.165, 1.54) is 38.5 Å². The zero-order chi connectivity index (χ0) is 79.4. The van der Waals surface area contributed by atoms with Gasteiger partial charge in [-0.1, -0.05) is 70.1 Å². The highest BCUT2D eigenvalue weighted by molar-refractivity contribution is 5.90. The molecule has 0 spiro atoms. The van der Waals surface area contributed by atoms with E-state index in [-0.39, 0.29) is 12.6 Å². The Bertz CT molecular complexity index is 4500. The fourth-order valence-electron chi connectivity index (χ4n) is 15.0. The molecule has 0 bridgehead atoms. The Morgan fingerprint density at radius 1 is 0.460 bits per heavy atom. The van der Waals surface area contributed by atoms with Crippen LogP contribution in [0.4, 0.5) is 0 Å². The summed E-state index contributed by atoms with van der Waals surface area (Å²) < 4.78 is 58.6. The van der Waals surface area contributed by atoms with E-state index in [0.29, 0.717) is 107 Å². The minimum Gasteiger partial charge on any atom is -0.488 e. The second-order valence-corrected chi connectivity index (χ2v) is 30.2. The maximum atomic E-state index is 9.55. The summed E-state index contributed by atoms with van der Waals surface area (Å²) in [6.07, 6.45) is 14.4. The summed E-state index contributed by atoms with van der Waals surface area (Å²) in [5.74, 6) is 1.93. The minimum atomic E-state index is -1.26. The molecule has 113 heavy (non-hydrogen) atoms. The van der Waals surface area contributed by atoms with Crippen molar-refractivity contribution in [3.05, 3.63) is 188 Å². The number of benzene rings is 6. The first-order valence-electron chi connectivity index (χ1n) is 39.2. The van der Waals surface area contributed by atoms with Crippen molar-refractivity contribution in [1.82, 2.24) is 45.3 Å². The lowest BCUT2D eigenvalue weighted by molar-refractivity contribution is -0.134. The van der Waals surface area contributed by atoms with Crippen LogP contribution in [-0.2, 0) is 87.3 Å². The van der Waals surface area contributed by atoms with Gasteiger partial charge in [-0.3, -0.25) is 9.80 Å². The molecule has 0 radical (unpaired) electrons. The number of nitriles is 3. The maximum absolute atomic E-state index is 9.55. The highest BCUT2D eigenvalue weighted by Crippen LogP contribution is 2.38. The Labute approximate surface area is 661 Å². The van der Waals surface area contributed by atoms with Crippen molar-refractivity contribution in [3.63, 3.8) is 0 Å². The van der Waals surface area contributed by atoms with Crippen LogP contribution in [0.1, 0.15) is 125 Å². The zero-order valence-corrected chi connectivity index (χ0v) is 65.9. The molecule has 0 saturated carbocycles. The summed E-state index contributed by atoms with van der Waals surface area (Å²) in [7, 11) is 12.2. The SMILES string of the molecule is CN(C)Cc1c(OCc2ccccc2C#N)ccc2c(CCC3CCN(CC4OCCO4)CC3)noc12.CN(C)Cc1c(OCc2ccccc2C#N)ccc2c(CCC3CCN(CC4OCCO4)CC3)noc12.CN(C)Cc1c(OCc2ccccc2C#N)ccc2c(CCC3CCNCC3)noc12.O=C(O)/C=C/C(=O)O. The van der Waals surface area contributed by atoms with Crippen molar-refractivity contribution < 1.29 is 66.5 Å². The Hall–Kier alpha value is -10.1. The average molecular weight is 1540 g/mol. The molecule has 9 aromatic rings. The van der Waals surface area contributed by atoms with Gasteiger partial charge in [0.05, 0.1) is 95.1 Å². The molecule has 8 heterocycles. The number of rotatable bonds is 30. The van der Waals surface area contributed by atoms with E-state index in [2.05, 4.69) is 81.7 Å². The Balaban J connectivity index is 0.000000160. The van der Waals surface area contributed by atoms with Crippen molar-refractivity contribution >= 4 is 44.8 Å². The molecule has 0 amide bonds. The van der Waals surface area contributed by atoms with E-state index in [1.54, 1.807) is 0 Å². The monoisotopic (exact) mass is 1540 g/mol. The third-order valence-corrected chi connectivity index (χ3v) is 21.1. The Morgan fingerprint density at radius 3 is 1.05 bits per heavy atom. The van der Waals surface area contributed by atoms with Crippen molar-refractivity contribution in [3.8, 4) is 35.5 Å². The van der Waals surface area contributed by atoms with Crippen LogP contribution in [0.25, 0.3) is 32.9 Å². The largest absolute Gasteiger partial charge is 0.488 e. The number of hydrogen-bond donors (Lipinski definition) is 3. The molecular weight excluding hydrogens is 1440 g/mol. The van der Waals surface area contributed by atoms with Gasteiger partial charge in [-0.2, -0.15) is 15.8 Å². The molecule has 6 aromatic carbocycles. The lowest BCUT2D eigenvalue weighted by Crippen LogP contribution is -2.39. The first-order chi connectivity index (χ1) is 55.0. The van der Waals surface area contributed by atoms with Crippen LogP contribution in [-0.4, -0.2) is 196 Å². The summed E-state index contributed by atoms with van der Waals surface area (Å²) in [6.45, 7) is 14.3. The number of nitrogens with one attached hydrogen (secondary N) is 1. The van der Waals surface area contributed by atoms with Gasteiger partial charge >= 0.3 is 11.9 Å². The van der Waals surface area contributed by atoms with Crippen molar-refractivity contribution in [2.45, 2.75) is 129 Å². The van der Waals surface area contributed by atoms with Crippen LogP contribution < -0.4 is 19.5 Å². The van der Waals surface area contributed by atoms with Gasteiger partial charge in [0.25, 0.3) is 0 Å². The van der Waals surface area contributed by atoms with Crippen LogP contribution >= 0.6 is 0 Å². The standard InChI is InChI=1S/2C29H36N4O4.C25H30N4O2.C4H4O4/c2*1-32(2)18-25-27(36-20-23-6-4-3-5-22(23)17-30)10-8-24-26(31-37-29(24)25)9-7-21-11-13-33(14-12-21)19-28-34-15-16-35-28;1-29(2)16-22-24(30-17-20-6-4-3-5-19(20)15-26)10-8-21-23(28-31-25(21)22)9-7-18-11-13-27-14-12-18;5-3(6)1-2-4(7)8/h2*3-6,8,10,21,28H,7,9,11-16,18-20H2,1-2H3;3-6,8,10,18,27H,7,9,11-14,16-17H2,1-2H3;1-2H,(H,5,6)(H,7,8)/b;;;2-1+. The average Bonchev–Trinajstić information content (AvgIpc) is 1.67. The molecule has 26 heteroatoms. The summed E-state index contributed by atoms with van der Waals surface area (Å²) >= 11 is 0. The van der Waals surface area contributed by atoms with Crippen LogP contribution in [0.2, 0.25) is 0 Å². The van der Waals surface area contributed by atoms with Gasteiger partial charge in [0.1, 0.15) is 37.1 Å². The number of hydrogen-bond acceptors (Lipinski definition) is 24. The van der Waals surface area contributed by atoms with E-state index in [4.69, 9.17) is 56.9 Å². The van der Waals surface area contributed by atoms with Crippen molar-refractivity contribution in [2.75, 3.05) is 121 Å². The second-order valence-electron chi connectivity index (χ2n) is 30.2. The second kappa shape index (κ2) is 42.7. The summed E-state index contributed by atoms with van der Waals surface area (Å²) in [5.41, 5.74) is 12.9. The van der Waals surface area contributed by atoms with E-state index >= 15 is 0 Å². The molecule has 14 rings (SSSR count). The third kappa shape index (κ3) is 24.5. The first kappa shape index (κ1) is 83.8. The fraction of sp³-hybridized carbons (Fsp3) is 0.471. The number of carboxylic acid groups (broad SMARTS) is 2. The molecule has 26 nitrogen and oxygen atoms in total. The summed E-state index contributed by atoms with van der Waals surface area (Å²) in [5, 5.41) is 63.8. The molecular formula is C87H106N12O14. The number of likely N-dealkylation sites (tertiary alicyclic amines) is 2. The molecule has 5 saturated heterocycles. The number of piperidine rings is 3. The number of aliphatic carboxylic acids is 2. The van der Waals surface area contributed by atoms with Gasteiger partial charge in [-0.15, -0.1) is 0 Å². The topological polar surface area (TPSA) is 317 Å². The van der Waals surface area contributed by atoms with Crippen LogP contribution in [0.5, 0.6) is 17.2 Å². The number of carbonyl (C=O) groups is 2.